The molecule has 0 atom stereocenters. The summed E-state index contributed by atoms with van der Waals surface area (Å²) in [5, 5.41) is 0. The van der Waals surface area contributed by atoms with Crippen LogP contribution in [0.1, 0.15) is 22.3 Å². The average molecular weight is 463 g/mol. The van der Waals surface area contributed by atoms with Crippen LogP contribution in [0.2, 0.25) is 0 Å². The van der Waals surface area contributed by atoms with Crippen molar-refractivity contribution in [2.24, 2.45) is 0 Å². The quantitative estimate of drug-likeness (QED) is 0.341. The van der Waals surface area contributed by atoms with Crippen molar-refractivity contribution in [1.29, 1.82) is 0 Å². The number of ether oxygens (including phenoxy) is 6. The molecule has 0 saturated heterocycles. The summed E-state index contributed by atoms with van der Waals surface area (Å²) in [5.74, 6) is 3.60. The molecule has 0 fully saturated rings. The van der Waals surface area contributed by atoms with E-state index in [2.05, 4.69) is 6.07 Å². The molecule has 3 rings (SSSR count). The van der Waals surface area contributed by atoms with Crippen LogP contribution >= 0.6 is 0 Å². The Labute approximate surface area is 200 Å². The first-order chi connectivity index (χ1) is 16.6. The highest BCUT2D eigenvalue weighted by molar-refractivity contribution is 5.76. The standard InChI is InChI=1S/C28H30O6/c1-29-23-15-21(16-24(30-2)27(23)33-5)12-10-19-8-7-9-20(14-19)11-13-22-17-25(31-3)28(34-6)26(18-22)32-4/h7-18H,1-6H3/b12-10+,13-11+. The van der Waals surface area contributed by atoms with Gasteiger partial charge in [-0.1, -0.05) is 42.5 Å². The van der Waals surface area contributed by atoms with Crippen molar-refractivity contribution in [1.82, 2.24) is 0 Å². The third kappa shape index (κ3) is 5.64. The van der Waals surface area contributed by atoms with Gasteiger partial charge in [0.1, 0.15) is 0 Å². The maximum Gasteiger partial charge on any atom is 0.203 e. The van der Waals surface area contributed by atoms with Crippen LogP contribution in [0.3, 0.4) is 0 Å². The Morgan fingerprint density at radius 2 is 0.735 bits per heavy atom. The van der Waals surface area contributed by atoms with E-state index in [1.807, 2.05) is 66.8 Å². The Hall–Kier alpha value is -4.06. The number of hydrogen-bond donors (Lipinski definition) is 0. The molecule has 6 nitrogen and oxygen atoms in total. The fraction of sp³-hybridized carbons (Fsp3) is 0.214. The predicted molar refractivity (Wildman–Crippen MR) is 136 cm³/mol. The number of rotatable bonds is 10. The van der Waals surface area contributed by atoms with Gasteiger partial charge >= 0.3 is 0 Å². The molecular formula is C28H30O6. The summed E-state index contributed by atoms with van der Waals surface area (Å²) < 4.78 is 32.5. The van der Waals surface area contributed by atoms with Crippen LogP contribution in [0.4, 0.5) is 0 Å². The smallest absolute Gasteiger partial charge is 0.203 e. The molecule has 0 aliphatic carbocycles. The minimum Gasteiger partial charge on any atom is -0.493 e. The molecule has 178 valence electrons. The van der Waals surface area contributed by atoms with Crippen LogP contribution in [-0.4, -0.2) is 42.7 Å². The van der Waals surface area contributed by atoms with Crippen molar-refractivity contribution in [3.8, 4) is 34.5 Å². The summed E-state index contributed by atoms with van der Waals surface area (Å²) in [5.41, 5.74) is 3.99. The van der Waals surface area contributed by atoms with Crippen LogP contribution in [0, 0.1) is 0 Å². The molecule has 3 aromatic carbocycles. The molecule has 3 aromatic rings. The molecule has 0 unspecified atom stereocenters. The molecule has 0 heterocycles. The molecule has 0 spiro atoms. The average Bonchev–Trinajstić information content (AvgIpc) is 2.89. The van der Waals surface area contributed by atoms with Gasteiger partial charge in [0.2, 0.25) is 11.5 Å². The Morgan fingerprint density at radius 3 is 1.03 bits per heavy atom. The van der Waals surface area contributed by atoms with Crippen LogP contribution in [0.5, 0.6) is 34.5 Å². The third-order valence-corrected chi connectivity index (χ3v) is 5.22. The summed E-state index contributed by atoms with van der Waals surface area (Å²) >= 11 is 0. The molecule has 6 heteroatoms. The van der Waals surface area contributed by atoms with Gasteiger partial charge in [-0.3, -0.25) is 0 Å². The normalized spacial score (nSPS) is 11.0. The van der Waals surface area contributed by atoms with E-state index >= 15 is 0 Å². The number of benzene rings is 3. The number of methoxy groups -OCH3 is 6. The molecule has 0 bridgehead atoms. The summed E-state index contributed by atoms with van der Waals surface area (Å²) in [4.78, 5) is 0. The summed E-state index contributed by atoms with van der Waals surface area (Å²) in [6, 6.07) is 15.8. The lowest BCUT2D eigenvalue weighted by atomic mass is 10.1. The molecule has 0 aliphatic rings. The Balaban J connectivity index is 1.85. The highest BCUT2D eigenvalue weighted by Crippen LogP contribution is 2.39. The van der Waals surface area contributed by atoms with Crippen molar-refractivity contribution in [2.45, 2.75) is 0 Å². The molecule has 0 aliphatic heterocycles. The van der Waals surface area contributed by atoms with Gasteiger partial charge in [-0.05, 0) is 52.6 Å². The molecule has 0 radical (unpaired) electrons. The van der Waals surface area contributed by atoms with E-state index in [1.165, 1.54) is 0 Å². The van der Waals surface area contributed by atoms with Gasteiger partial charge in [0.15, 0.2) is 23.0 Å². The molecule has 0 aromatic heterocycles. The minimum absolute atomic E-state index is 0.570. The second-order valence-corrected chi connectivity index (χ2v) is 7.25. The van der Waals surface area contributed by atoms with Gasteiger partial charge in [0.05, 0.1) is 42.7 Å². The molecule has 0 amide bonds. The van der Waals surface area contributed by atoms with E-state index in [0.29, 0.717) is 34.5 Å². The monoisotopic (exact) mass is 462 g/mol. The fourth-order valence-electron chi connectivity index (χ4n) is 3.55. The maximum atomic E-state index is 5.44. The zero-order valence-electron chi connectivity index (χ0n) is 20.4. The lowest BCUT2D eigenvalue weighted by Gasteiger charge is -2.13. The maximum absolute atomic E-state index is 5.44. The predicted octanol–water partition coefficient (Wildman–Crippen LogP) is 6.08. The Bertz CT molecular complexity index is 1040. The lowest BCUT2D eigenvalue weighted by molar-refractivity contribution is 0.324. The van der Waals surface area contributed by atoms with E-state index in [9.17, 15) is 0 Å². The Morgan fingerprint density at radius 1 is 0.412 bits per heavy atom. The van der Waals surface area contributed by atoms with E-state index in [0.717, 1.165) is 22.3 Å². The highest BCUT2D eigenvalue weighted by atomic mass is 16.5. The zero-order chi connectivity index (χ0) is 24.5. The second-order valence-electron chi connectivity index (χ2n) is 7.25. The fourth-order valence-corrected chi connectivity index (χ4v) is 3.55. The molecule has 0 saturated carbocycles. The summed E-state index contributed by atoms with van der Waals surface area (Å²) in [7, 11) is 9.60. The van der Waals surface area contributed by atoms with Gasteiger partial charge in [0, 0.05) is 0 Å². The van der Waals surface area contributed by atoms with Crippen LogP contribution in [0.25, 0.3) is 24.3 Å². The molecule has 0 N–H and O–H groups in total. The highest BCUT2D eigenvalue weighted by Gasteiger charge is 2.13. The van der Waals surface area contributed by atoms with Crippen LogP contribution in [-0.2, 0) is 0 Å². The summed E-state index contributed by atoms with van der Waals surface area (Å²) in [6.45, 7) is 0. The van der Waals surface area contributed by atoms with Crippen molar-refractivity contribution in [3.05, 3.63) is 70.8 Å². The lowest BCUT2D eigenvalue weighted by Crippen LogP contribution is -1.95. The van der Waals surface area contributed by atoms with Gasteiger partial charge < -0.3 is 28.4 Å². The van der Waals surface area contributed by atoms with E-state index < -0.39 is 0 Å². The zero-order valence-corrected chi connectivity index (χ0v) is 20.4. The largest absolute Gasteiger partial charge is 0.493 e. The first-order valence-corrected chi connectivity index (χ1v) is 10.6. The second kappa shape index (κ2) is 11.7. The molecule has 34 heavy (non-hydrogen) atoms. The summed E-state index contributed by atoms with van der Waals surface area (Å²) in [6.07, 6.45) is 8.09. The first-order valence-electron chi connectivity index (χ1n) is 10.6. The SMILES string of the molecule is COc1cc(/C=C/c2cccc(/C=C/c3cc(OC)c(OC)c(OC)c3)c2)cc(OC)c1OC. The van der Waals surface area contributed by atoms with E-state index in [4.69, 9.17) is 28.4 Å². The topological polar surface area (TPSA) is 55.4 Å². The van der Waals surface area contributed by atoms with Crippen molar-refractivity contribution < 1.29 is 28.4 Å². The van der Waals surface area contributed by atoms with Gasteiger partial charge in [-0.25, -0.2) is 0 Å². The van der Waals surface area contributed by atoms with Crippen LogP contribution in [0.15, 0.2) is 48.5 Å². The van der Waals surface area contributed by atoms with Crippen LogP contribution < -0.4 is 28.4 Å². The van der Waals surface area contributed by atoms with Crippen molar-refractivity contribution in [2.75, 3.05) is 42.7 Å². The molecular weight excluding hydrogens is 432 g/mol. The third-order valence-electron chi connectivity index (χ3n) is 5.22. The van der Waals surface area contributed by atoms with Crippen molar-refractivity contribution >= 4 is 24.3 Å². The van der Waals surface area contributed by atoms with E-state index in [1.54, 1.807) is 42.7 Å². The van der Waals surface area contributed by atoms with Crippen molar-refractivity contribution in [3.63, 3.8) is 0 Å². The van der Waals surface area contributed by atoms with E-state index in [-0.39, 0.29) is 0 Å². The van der Waals surface area contributed by atoms with Gasteiger partial charge in [-0.15, -0.1) is 0 Å². The van der Waals surface area contributed by atoms with Gasteiger partial charge in [0.25, 0.3) is 0 Å². The van der Waals surface area contributed by atoms with Gasteiger partial charge in [-0.2, -0.15) is 0 Å². The Kier molecular flexibility index (Phi) is 8.46. The minimum atomic E-state index is 0.570. The number of hydrogen-bond acceptors (Lipinski definition) is 6. The first kappa shape index (κ1) is 24.6.